The van der Waals surface area contributed by atoms with Crippen LogP contribution in [-0.2, 0) is 0 Å². The van der Waals surface area contributed by atoms with E-state index in [0.717, 1.165) is 21.9 Å². The van der Waals surface area contributed by atoms with Crippen molar-refractivity contribution in [2.24, 2.45) is 5.16 Å². The Morgan fingerprint density at radius 2 is 1.19 bits per heavy atom. The molecule has 1 aliphatic heterocycles. The summed E-state index contributed by atoms with van der Waals surface area (Å²) in [6, 6.07) is 28.0. The molecule has 0 spiro atoms. The van der Waals surface area contributed by atoms with Crippen molar-refractivity contribution in [3.8, 4) is 5.69 Å². The second-order valence-corrected chi connectivity index (χ2v) is 7.80. The standard InChI is InChI=1S/C26H17N3O3/c30-25-19-11-3-4-12-20(19)26(31)29-24(27-32)23(21-13-5-6-15-22(21)28(25)29)18-14-7-9-16-8-1-2-10-17(16)18/h1-15,23,32H/b27-24+. The van der Waals surface area contributed by atoms with Crippen LogP contribution in [0.25, 0.3) is 27.2 Å². The fourth-order valence-electron chi connectivity index (χ4n) is 4.78. The molecule has 154 valence electrons. The van der Waals surface area contributed by atoms with E-state index in [1.807, 2.05) is 66.7 Å². The van der Waals surface area contributed by atoms with Crippen LogP contribution in [0.2, 0.25) is 0 Å². The van der Waals surface area contributed by atoms with Crippen molar-refractivity contribution >= 4 is 27.4 Å². The summed E-state index contributed by atoms with van der Waals surface area (Å²) in [6.45, 7) is 0. The summed E-state index contributed by atoms with van der Waals surface area (Å²) in [5.41, 5.74) is 1.51. The fourth-order valence-corrected chi connectivity index (χ4v) is 4.78. The first-order valence-corrected chi connectivity index (χ1v) is 10.3. The van der Waals surface area contributed by atoms with Gasteiger partial charge in [0.2, 0.25) is 0 Å². The normalized spacial score (nSPS) is 16.2. The monoisotopic (exact) mass is 419 g/mol. The zero-order valence-electron chi connectivity index (χ0n) is 16.8. The predicted molar refractivity (Wildman–Crippen MR) is 124 cm³/mol. The third-order valence-electron chi connectivity index (χ3n) is 6.16. The maximum Gasteiger partial charge on any atom is 0.279 e. The first kappa shape index (κ1) is 18.3. The van der Waals surface area contributed by atoms with E-state index in [1.54, 1.807) is 24.3 Å². The molecule has 1 aliphatic rings. The summed E-state index contributed by atoms with van der Waals surface area (Å²) in [7, 11) is 0. The van der Waals surface area contributed by atoms with Gasteiger partial charge in [-0.2, -0.15) is 4.68 Å². The zero-order chi connectivity index (χ0) is 21.8. The van der Waals surface area contributed by atoms with Crippen LogP contribution in [0.15, 0.2) is 106 Å². The van der Waals surface area contributed by atoms with Gasteiger partial charge in [0, 0.05) is 0 Å². The van der Waals surface area contributed by atoms with E-state index in [2.05, 4.69) is 5.16 Å². The highest BCUT2D eigenvalue weighted by Gasteiger charge is 2.35. The largest absolute Gasteiger partial charge is 0.409 e. The van der Waals surface area contributed by atoms with Crippen LogP contribution in [0.1, 0.15) is 17.0 Å². The SMILES string of the molecule is O=c1c2ccccc2c(=O)n2n1/C(=N/O)C(c1cccc3ccccc13)c1ccccc1-2. The number of rotatable bonds is 1. The molecular formula is C26H17N3O3. The van der Waals surface area contributed by atoms with Crippen LogP contribution < -0.4 is 11.1 Å². The van der Waals surface area contributed by atoms with E-state index >= 15 is 0 Å². The van der Waals surface area contributed by atoms with Crippen LogP contribution in [-0.4, -0.2) is 20.4 Å². The minimum Gasteiger partial charge on any atom is -0.409 e. The Labute approximate surface area is 181 Å². The molecule has 1 aromatic heterocycles. The van der Waals surface area contributed by atoms with E-state index in [-0.39, 0.29) is 16.8 Å². The lowest BCUT2D eigenvalue weighted by Gasteiger charge is -2.31. The second kappa shape index (κ2) is 6.78. The van der Waals surface area contributed by atoms with Gasteiger partial charge in [-0.1, -0.05) is 78.0 Å². The molecule has 5 aromatic rings. The van der Waals surface area contributed by atoms with E-state index in [0.29, 0.717) is 11.1 Å². The van der Waals surface area contributed by atoms with Gasteiger partial charge in [-0.05, 0) is 40.1 Å². The molecule has 0 radical (unpaired) electrons. The molecule has 4 aromatic carbocycles. The van der Waals surface area contributed by atoms with Crippen molar-refractivity contribution in [3.05, 3.63) is 123 Å². The van der Waals surface area contributed by atoms with Gasteiger partial charge in [-0.3, -0.25) is 9.59 Å². The average Bonchev–Trinajstić information content (AvgIpc) is 2.85. The van der Waals surface area contributed by atoms with E-state index in [9.17, 15) is 14.8 Å². The Hall–Kier alpha value is -4.45. The number of nitrogens with zero attached hydrogens (tertiary/aromatic N) is 3. The molecule has 0 saturated heterocycles. The van der Waals surface area contributed by atoms with E-state index in [1.165, 1.54) is 9.36 Å². The quantitative estimate of drug-likeness (QED) is 0.328. The molecule has 1 unspecified atom stereocenters. The summed E-state index contributed by atoms with van der Waals surface area (Å²) in [5, 5.41) is 16.4. The zero-order valence-corrected chi connectivity index (χ0v) is 16.8. The molecular weight excluding hydrogens is 402 g/mol. The lowest BCUT2D eigenvalue weighted by Crippen LogP contribution is -2.47. The Morgan fingerprint density at radius 1 is 0.625 bits per heavy atom. The smallest absolute Gasteiger partial charge is 0.279 e. The van der Waals surface area contributed by atoms with Crippen molar-refractivity contribution < 1.29 is 5.21 Å². The third kappa shape index (κ3) is 2.37. The minimum atomic E-state index is -0.541. The highest BCUT2D eigenvalue weighted by atomic mass is 16.4. The molecule has 6 nitrogen and oxygen atoms in total. The Balaban J connectivity index is 1.79. The van der Waals surface area contributed by atoms with Crippen LogP contribution in [0.3, 0.4) is 0 Å². The molecule has 0 fully saturated rings. The van der Waals surface area contributed by atoms with Crippen molar-refractivity contribution in [2.75, 3.05) is 0 Å². The number of hydrogen-bond donors (Lipinski definition) is 1. The highest BCUT2D eigenvalue weighted by Crippen LogP contribution is 2.37. The summed E-state index contributed by atoms with van der Waals surface area (Å²) in [6.07, 6.45) is 0. The topological polar surface area (TPSA) is 76.6 Å². The van der Waals surface area contributed by atoms with Gasteiger partial charge >= 0.3 is 0 Å². The lowest BCUT2D eigenvalue weighted by atomic mass is 9.85. The van der Waals surface area contributed by atoms with Gasteiger partial charge in [-0.15, -0.1) is 0 Å². The lowest BCUT2D eigenvalue weighted by molar-refractivity contribution is 0.312. The molecule has 0 bridgehead atoms. The van der Waals surface area contributed by atoms with Gasteiger partial charge in [0.25, 0.3) is 11.1 Å². The number of para-hydroxylation sites is 1. The van der Waals surface area contributed by atoms with Crippen molar-refractivity contribution in [3.63, 3.8) is 0 Å². The number of benzene rings is 4. The van der Waals surface area contributed by atoms with E-state index < -0.39 is 11.5 Å². The van der Waals surface area contributed by atoms with Crippen molar-refractivity contribution in [2.45, 2.75) is 5.92 Å². The van der Waals surface area contributed by atoms with Gasteiger partial charge in [0.1, 0.15) is 0 Å². The molecule has 6 heteroatoms. The van der Waals surface area contributed by atoms with E-state index in [4.69, 9.17) is 0 Å². The van der Waals surface area contributed by atoms with Gasteiger partial charge in [-0.25, -0.2) is 4.68 Å². The first-order chi connectivity index (χ1) is 15.7. The number of aromatic nitrogens is 2. The number of hydrogen-bond acceptors (Lipinski definition) is 4. The minimum absolute atomic E-state index is 0.0907. The average molecular weight is 419 g/mol. The maximum absolute atomic E-state index is 13.6. The van der Waals surface area contributed by atoms with Crippen molar-refractivity contribution in [1.82, 2.24) is 9.36 Å². The van der Waals surface area contributed by atoms with Gasteiger partial charge in [0.05, 0.1) is 22.4 Å². The highest BCUT2D eigenvalue weighted by molar-refractivity contribution is 6.01. The Morgan fingerprint density at radius 3 is 1.94 bits per heavy atom. The third-order valence-corrected chi connectivity index (χ3v) is 6.16. The molecule has 32 heavy (non-hydrogen) atoms. The molecule has 1 atom stereocenters. The maximum atomic E-state index is 13.6. The second-order valence-electron chi connectivity index (χ2n) is 7.80. The number of oxime groups is 1. The summed E-state index contributed by atoms with van der Waals surface area (Å²) >= 11 is 0. The van der Waals surface area contributed by atoms with Crippen LogP contribution in [0.5, 0.6) is 0 Å². The molecule has 0 amide bonds. The van der Waals surface area contributed by atoms with Crippen LogP contribution in [0.4, 0.5) is 0 Å². The molecule has 0 aliphatic carbocycles. The van der Waals surface area contributed by atoms with Crippen LogP contribution >= 0.6 is 0 Å². The Bertz CT molecular complexity index is 1690. The van der Waals surface area contributed by atoms with Gasteiger partial charge < -0.3 is 5.21 Å². The molecule has 2 heterocycles. The summed E-state index contributed by atoms with van der Waals surface area (Å²) < 4.78 is 2.52. The molecule has 6 rings (SSSR count). The summed E-state index contributed by atoms with van der Waals surface area (Å²) in [4.78, 5) is 27.0. The van der Waals surface area contributed by atoms with Gasteiger partial charge in [0.15, 0.2) is 5.84 Å². The van der Waals surface area contributed by atoms with Crippen LogP contribution in [0, 0.1) is 0 Å². The molecule has 1 N–H and O–H groups in total. The van der Waals surface area contributed by atoms with Crippen molar-refractivity contribution in [1.29, 1.82) is 0 Å². The number of fused-ring (bicyclic) bond motifs is 5. The Kier molecular flexibility index (Phi) is 3.89. The predicted octanol–water partition coefficient (Wildman–Crippen LogP) is 4.09. The fraction of sp³-hybridized carbons (Fsp3) is 0.0385. The first-order valence-electron chi connectivity index (χ1n) is 10.3. The summed E-state index contributed by atoms with van der Waals surface area (Å²) in [5.74, 6) is -0.450. The molecule has 0 saturated carbocycles.